The Hall–Kier alpha value is -3.09. The van der Waals surface area contributed by atoms with E-state index in [4.69, 9.17) is 18.9 Å². The van der Waals surface area contributed by atoms with E-state index < -0.39 is 64.9 Å². The summed E-state index contributed by atoms with van der Waals surface area (Å²) in [6, 6.07) is 0.556. The lowest BCUT2D eigenvalue weighted by atomic mass is 9.82. The summed E-state index contributed by atoms with van der Waals surface area (Å²) in [7, 11) is 1.34. The maximum atomic E-state index is 13.8. The highest BCUT2D eigenvalue weighted by molar-refractivity contribution is 6.23. The highest BCUT2D eigenvalue weighted by Gasteiger charge is 2.63. The van der Waals surface area contributed by atoms with Crippen LogP contribution in [0.2, 0.25) is 0 Å². The maximum absolute atomic E-state index is 13.8. The van der Waals surface area contributed by atoms with Gasteiger partial charge in [0.1, 0.15) is 17.9 Å². The number of nitrogens with one attached hydrogen (secondary N) is 1. The van der Waals surface area contributed by atoms with Gasteiger partial charge in [-0.1, -0.05) is 6.92 Å². The molecule has 8 unspecified atom stereocenters. The first-order valence-electron chi connectivity index (χ1n) is 12.3. The summed E-state index contributed by atoms with van der Waals surface area (Å²) in [5.74, 6) is -1.70. The summed E-state index contributed by atoms with van der Waals surface area (Å²) >= 11 is 0. The predicted molar refractivity (Wildman–Crippen MR) is 125 cm³/mol. The van der Waals surface area contributed by atoms with Gasteiger partial charge in [-0.25, -0.2) is 4.79 Å². The summed E-state index contributed by atoms with van der Waals surface area (Å²) in [6.45, 7) is 5.36. The van der Waals surface area contributed by atoms with Gasteiger partial charge < -0.3 is 34.3 Å². The zero-order chi connectivity index (χ0) is 26.5. The molecule has 0 radical (unpaired) electrons. The van der Waals surface area contributed by atoms with E-state index in [0.29, 0.717) is 17.6 Å². The number of esters is 1. The zero-order valence-electron chi connectivity index (χ0n) is 20.7. The van der Waals surface area contributed by atoms with Gasteiger partial charge in [-0.3, -0.25) is 14.5 Å². The Morgan fingerprint density at radius 3 is 2.65 bits per heavy atom. The molecule has 196 valence electrons. The molecule has 1 aromatic carbocycles. The minimum atomic E-state index is -2.34. The number of carbonyl (C=O) groups is 2. The van der Waals surface area contributed by atoms with Crippen LogP contribution in [0.4, 0.5) is 0 Å². The van der Waals surface area contributed by atoms with Crippen molar-refractivity contribution in [2.45, 2.75) is 69.5 Å². The van der Waals surface area contributed by atoms with E-state index in [1.54, 1.807) is 13.0 Å². The third-order valence-corrected chi connectivity index (χ3v) is 8.28. The van der Waals surface area contributed by atoms with Crippen LogP contribution < -0.4 is 15.1 Å². The fourth-order valence-corrected chi connectivity index (χ4v) is 6.53. The van der Waals surface area contributed by atoms with Gasteiger partial charge in [0.15, 0.2) is 47.0 Å². The lowest BCUT2D eigenvalue weighted by Gasteiger charge is -2.44. The van der Waals surface area contributed by atoms with Crippen molar-refractivity contribution in [2.75, 3.05) is 13.7 Å². The third-order valence-electron chi connectivity index (χ3n) is 8.28. The average molecular weight is 515 g/mol. The summed E-state index contributed by atoms with van der Waals surface area (Å²) in [5.41, 5.74) is -1.97. The smallest absolute Gasteiger partial charge is 0.362 e. The number of carbonyl (C=O) groups excluding carboxylic acids is 2. The second-order valence-electron chi connectivity index (χ2n) is 10.2. The molecule has 8 atom stereocenters. The molecule has 2 saturated heterocycles. The van der Waals surface area contributed by atoms with Gasteiger partial charge in [-0.15, -0.1) is 0 Å². The van der Waals surface area contributed by atoms with E-state index in [1.165, 1.54) is 7.11 Å². The quantitative estimate of drug-likeness (QED) is 0.358. The standard InChI is InChI=1S/C26H27NO10/c1-5-14-19-17-11(6-9(2)27(19)8-15(29)36-14)16-12(20(17)30)7-13(28)18-23(21(16)31)37-25-26(18,33)24(32)22(34-4)10(3)35-25/h6-7,10,14,19,22,24-25,31-33H,5,8H2,1-4H3/p+1. The fraction of sp³-hybridized carbons (Fsp3) is 0.500. The number of hydrogen-bond acceptors (Lipinski definition) is 10. The molecule has 4 aliphatic heterocycles. The Kier molecular flexibility index (Phi) is 5.21. The van der Waals surface area contributed by atoms with E-state index >= 15 is 0 Å². The van der Waals surface area contributed by atoms with Crippen LogP contribution in [0.15, 0.2) is 28.2 Å². The Morgan fingerprint density at radius 1 is 1.24 bits per heavy atom. The molecule has 4 heterocycles. The van der Waals surface area contributed by atoms with Crippen molar-refractivity contribution in [2.24, 2.45) is 0 Å². The van der Waals surface area contributed by atoms with Crippen molar-refractivity contribution in [3.05, 3.63) is 50.3 Å². The van der Waals surface area contributed by atoms with Crippen molar-refractivity contribution < 1.29 is 48.8 Å². The summed E-state index contributed by atoms with van der Waals surface area (Å²) in [4.78, 5) is 40.3. The summed E-state index contributed by atoms with van der Waals surface area (Å²) < 4.78 is 22.4. The molecule has 0 amide bonds. The van der Waals surface area contributed by atoms with Gasteiger partial charge in [0.25, 0.3) is 0 Å². The first-order chi connectivity index (χ1) is 17.5. The fourth-order valence-electron chi connectivity index (χ4n) is 6.53. The van der Waals surface area contributed by atoms with Crippen molar-refractivity contribution in [1.29, 1.82) is 0 Å². The highest BCUT2D eigenvalue weighted by Crippen LogP contribution is 2.53. The minimum Gasteiger partial charge on any atom is -0.504 e. The van der Waals surface area contributed by atoms with Crippen LogP contribution in [0.5, 0.6) is 11.5 Å². The Labute approximate surface area is 211 Å². The molecule has 1 aliphatic carbocycles. The van der Waals surface area contributed by atoms with Crippen molar-refractivity contribution >= 4 is 17.3 Å². The van der Waals surface area contributed by atoms with Gasteiger partial charge in [-0.2, -0.15) is 0 Å². The van der Waals surface area contributed by atoms with Crippen LogP contribution in [0.25, 0.3) is 5.57 Å². The lowest BCUT2D eigenvalue weighted by Crippen LogP contribution is -3.18. The van der Waals surface area contributed by atoms with E-state index in [2.05, 4.69) is 0 Å². The number of morpholine rings is 1. The molecule has 11 nitrogen and oxygen atoms in total. The number of fused-ring (bicyclic) bond motifs is 7. The lowest BCUT2D eigenvalue weighted by molar-refractivity contribution is -0.884. The van der Waals surface area contributed by atoms with Gasteiger partial charge >= 0.3 is 5.97 Å². The van der Waals surface area contributed by atoms with Gasteiger partial charge in [-0.05, 0) is 19.4 Å². The Morgan fingerprint density at radius 2 is 1.97 bits per heavy atom. The van der Waals surface area contributed by atoms with Crippen LogP contribution >= 0.6 is 0 Å². The van der Waals surface area contributed by atoms with Gasteiger partial charge in [0.05, 0.1) is 17.2 Å². The monoisotopic (exact) mass is 514 g/mol. The first-order valence-corrected chi connectivity index (χ1v) is 12.3. The summed E-state index contributed by atoms with van der Waals surface area (Å²) in [5, 5.41) is 34.1. The molecule has 6 rings (SSSR count). The zero-order valence-corrected chi connectivity index (χ0v) is 20.7. The molecule has 5 aliphatic rings. The van der Waals surface area contributed by atoms with Crippen molar-refractivity contribution in [3.63, 3.8) is 0 Å². The van der Waals surface area contributed by atoms with E-state index in [9.17, 15) is 29.7 Å². The molecule has 0 bridgehead atoms. The molecule has 0 aromatic heterocycles. The van der Waals surface area contributed by atoms with E-state index in [1.807, 2.05) is 13.8 Å². The Balaban J connectivity index is 1.58. The number of ketones is 1. The molecule has 4 N–H and O–H groups in total. The van der Waals surface area contributed by atoms with Crippen LogP contribution in [0.1, 0.15) is 48.7 Å². The number of aliphatic hydroxyl groups excluding tert-OH is 1. The van der Waals surface area contributed by atoms with Crippen LogP contribution in [0, 0.1) is 0 Å². The molecule has 1 aromatic rings. The number of ether oxygens (including phenoxy) is 4. The molecule has 37 heavy (non-hydrogen) atoms. The molecule has 0 saturated carbocycles. The van der Waals surface area contributed by atoms with Crippen molar-refractivity contribution in [1.82, 2.24) is 0 Å². The third kappa shape index (κ3) is 2.97. The number of methoxy groups -OCH3 is 1. The number of aliphatic hydroxyl groups is 2. The average Bonchev–Trinajstić information content (AvgIpc) is 3.26. The second kappa shape index (κ2) is 7.95. The normalized spacial score (nSPS) is 37.6. The molecular weight excluding hydrogens is 486 g/mol. The molecule has 0 spiro atoms. The topological polar surface area (TPSA) is 153 Å². The van der Waals surface area contributed by atoms with Gasteiger partial charge in [0, 0.05) is 36.8 Å². The largest absolute Gasteiger partial charge is 0.504 e. The number of cyclic esters (lactones) is 1. The second-order valence-corrected chi connectivity index (χ2v) is 10.2. The molecular formula is C26H28NO10+. The number of rotatable bonds is 2. The molecule has 11 heteroatoms. The predicted octanol–water partition coefficient (Wildman–Crippen LogP) is -1.09. The maximum Gasteiger partial charge on any atom is 0.362 e. The number of Topliss-reactive ketones (excluding diaryl/α,β-unsaturated/α-hetero) is 1. The molecule has 2 fully saturated rings. The minimum absolute atomic E-state index is 0.0504. The highest BCUT2D eigenvalue weighted by atomic mass is 16.7. The number of allylic oxidation sites excluding steroid dienone is 3. The van der Waals surface area contributed by atoms with Crippen LogP contribution in [-0.2, 0) is 24.6 Å². The Bertz CT molecular complexity index is 1380. The van der Waals surface area contributed by atoms with Crippen molar-refractivity contribution in [3.8, 4) is 11.5 Å². The van der Waals surface area contributed by atoms with Crippen LogP contribution in [-0.4, -0.2) is 77.5 Å². The number of aromatic hydroxyl groups is 1. The van der Waals surface area contributed by atoms with Gasteiger partial charge in [0.2, 0.25) is 6.29 Å². The van der Waals surface area contributed by atoms with Crippen LogP contribution in [0.3, 0.4) is 0 Å². The summed E-state index contributed by atoms with van der Waals surface area (Å²) in [6.07, 6.45) is -3.13. The number of hydrogen-bond donors (Lipinski definition) is 4. The van der Waals surface area contributed by atoms with E-state index in [-0.39, 0.29) is 29.4 Å². The van der Waals surface area contributed by atoms with E-state index in [0.717, 1.165) is 16.7 Å². The SMILES string of the molecule is CCC1OC(=O)C[NH+]2C(C)=CC3=C(C(=O)c4cc(=O)c5c(c(O)c43)OC3OC(C)C(OC)C(O)C53O)C12. The first kappa shape index (κ1) is 24.3. The number of quaternary nitrogens is 1.